The van der Waals surface area contributed by atoms with Crippen LogP contribution in [0.3, 0.4) is 0 Å². The Labute approximate surface area is 168 Å². The summed E-state index contributed by atoms with van der Waals surface area (Å²) in [5.74, 6) is 1.31. The van der Waals surface area contributed by atoms with Crippen molar-refractivity contribution >= 4 is 30.5 Å². The molecule has 4 rings (SSSR count). The minimum absolute atomic E-state index is 0. The molecule has 1 fully saturated rings. The lowest BCUT2D eigenvalue weighted by molar-refractivity contribution is 0.402. The number of hydrogen-bond acceptors (Lipinski definition) is 6. The summed E-state index contributed by atoms with van der Waals surface area (Å²) in [6, 6.07) is 1.65. The predicted molar refractivity (Wildman–Crippen MR) is 107 cm³/mol. The predicted octanol–water partition coefficient (Wildman–Crippen LogP) is 2.68. The highest BCUT2D eigenvalue weighted by atomic mass is 35.5. The van der Waals surface area contributed by atoms with Crippen LogP contribution < -0.4 is 10.9 Å². The first-order valence-electron chi connectivity index (χ1n) is 8.60. The van der Waals surface area contributed by atoms with E-state index < -0.39 is 0 Å². The van der Waals surface area contributed by atoms with Crippen molar-refractivity contribution in [2.45, 2.75) is 44.9 Å². The number of halogens is 2. The molecule has 10 heteroatoms. The van der Waals surface area contributed by atoms with E-state index in [1.54, 1.807) is 16.8 Å². The highest BCUT2D eigenvalue weighted by Crippen LogP contribution is 2.29. The van der Waals surface area contributed by atoms with Gasteiger partial charge in [-0.2, -0.15) is 10.1 Å². The van der Waals surface area contributed by atoms with Crippen LogP contribution in [0.5, 0.6) is 0 Å². The van der Waals surface area contributed by atoms with Crippen molar-refractivity contribution in [1.29, 1.82) is 0 Å². The maximum Gasteiger partial charge on any atom is 0.263 e. The molecule has 8 nitrogen and oxygen atoms in total. The van der Waals surface area contributed by atoms with Crippen LogP contribution in [-0.2, 0) is 5.41 Å². The van der Waals surface area contributed by atoms with Gasteiger partial charge in [-0.25, -0.2) is 4.52 Å². The molecule has 0 saturated carbocycles. The third-order valence-electron chi connectivity index (χ3n) is 4.62. The molecule has 1 aliphatic rings. The topological polar surface area (TPSA) is 101 Å². The molecular weight excluding hydrogens is 391 g/mol. The van der Waals surface area contributed by atoms with E-state index >= 15 is 0 Å². The fourth-order valence-electron chi connectivity index (χ4n) is 3.22. The lowest BCUT2D eigenvalue weighted by Crippen LogP contribution is -2.28. The average molecular weight is 415 g/mol. The molecule has 148 valence electrons. The summed E-state index contributed by atoms with van der Waals surface area (Å²) < 4.78 is 7.22. The molecule has 0 aromatic carbocycles. The molecule has 0 bridgehead atoms. The van der Waals surface area contributed by atoms with Gasteiger partial charge in [0.25, 0.3) is 11.4 Å². The van der Waals surface area contributed by atoms with Crippen LogP contribution in [0, 0.1) is 0 Å². The molecule has 3 aromatic rings. The zero-order valence-corrected chi connectivity index (χ0v) is 17.1. The number of nitrogens with one attached hydrogen (secondary N) is 2. The molecule has 2 N–H and O–H groups in total. The Balaban J connectivity index is 0.00000131. The number of H-pyrrole nitrogens is 1. The quantitative estimate of drug-likeness (QED) is 0.668. The van der Waals surface area contributed by atoms with Gasteiger partial charge in [-0.05, 0) is 25.9 Å². The Morgan fingerprint density at radius 1 is 1.22 bits per heavy atom. The van der Waals surface area contributed by atoms with Crippen LogP contribution in [0.25, 0.3) is 17.1 Å². The Morgan fingerprint density at radius 2 is 1.93 bits per heavy atom. The fraction of sp³-hybridized carbons (Fsp3) is 0.529. The highest BCUT2D eigenvalue weighted by molar-refractivity contribution is 5.85. The van der Waals surface area contributed by atoms with Gasteiger partial charge in [0.05, 0.1) is 11.9 Å². The van der Waals surface area contributed by atoms with Crippen molar-refractivity contribution in [3.8, 4) is 11.5 Å². The van der Waals surface area contributed by atoms with E-state index in [9.17, 15) is 4.79 Å². The minimum Gasteiger partial charge on any atom is -0.334 e. The van der Waals surface area contributed by atoms with Gasteiger partial charge < -0.3 is 14.8 Å². The first-order chi connectivity index (χ1) is 11.9. The monoisotopic (exact) mass is 414 g/mol. The smallest absolute Gasteiger partial charge is 0.263 e. The van der Waals surface area contributed by atoms with Gasteiger partial charge in [-0.15, -0.1) is 24.8 Å². The summed E-state index contributed by atoms with van der Waals surface area (Å²) in [5.41, 5.74) is 1.83. The largest absolute Gasteiger partial charge is 0.334 e. The normalized spacial score (nSPS) is 15.4. The van der Waals surface area contributed by atoms with Crippen molar-refractivity contribution in [2.24, 2.45) is 0 Å². The summed E-state index contributed by atoms with van der Waals surface area (Å²) in [5, 5.41) is 11.9. The van der Waals surface area contributed by atoms with E-state index in [-0.39, 0.29) is 35.8 Å². The maximum atomic E-state index is 12.2. The second-order valence-corrected chi connectivity index (χ2v) is 7.57. The van der Waals surface area contributed by atoms with Gasteiger partial charge >= 0.3 is 0 Å². The summed E-state index contributed by atoms with van der Waals surface area (Å²) in [4.78, 5) is 19.6. The number of nitrogens with zero attached hydrogens (tertiary/aromatic N) is 4. The van der Waals surface area contributed by atoms with Gasteiger partial charge in [0.2, 0.25) is 0 Å². The Bertz CT molecular complexity index is 966. The van der Waals surface area contributed by atoms with Crippen molar-refractivity contribution < 1.29 is 4.52 Å². The SMILES string of the molecule is CC(C)(C)c1noc(-c2cnn3c(C4CCNCC4)cc(=O)[nH]c23)n1.Cl.Cl. The third-order valence-corrected chi connectivity index (χ3v) is 4.62. The molecule has 4 heterocycles. The maximum absolute atomic E-state index is 12.2. The molecule has 0 unspecified atom stereocenters. The molecule has 0 aliphatic carbocycles. The van der Waals surface area contributed by atoms with Gasteiger partial charge in [0.15, 0.2) is 5.82 Å². The Hall–Kier alpha value is -1.90. The van der Waals surface area contributed by atoms with E-state index in [1.165, 1.54) is 0 Å². The van der Waals surface area contributed by atoms with Crippen molar-refractivity contribution in [3.63, 3.8) is 0 Å². The first kappa shape index (κ1) is 21.4. The minimum atomic E-state index is -0.210. The molecule has 0 spiro atoms. The van der Waals surface area contributed by atoms with E-state index in [0.717, 1.165) is 31.6 Å². The zero-order valence-electron chi connectivity index (χ0n) is 15.5. The van der Waals surface area contributed by atoms with Crippen molar-refractivity contribution in [3.05, 3.63) is 34.1 Å². The number of aromatic nitrogens is 5. The third kappa shape index (κ3) is 4.02. The van der Waals surface area contributed by atoms with Crippen LogP contribution in [-0.4, -0.2) is 37.8 Å². The fourth-order valence-corrected chi connectivity index (χ4v) is 3.22. The Kier molecular flexibility index (Phi) is 6.34. The lowest BCUT2D eigenvalue weighted by atomic mass is 9.94. The summed E-state index contributed by atoms with van der Waals surface area (Å²) >= 11 is 0. The van der Waals surface area contributed by atoms with E-state index in [2.05, 4.69) is 25.5 Å². The van der Waals surface area contributed by atoms with E-state index in [0.29, 0.717) is 28.8 Å². The summed E-state index contributed by atoms with van der Waals surface area (Å²) in [6.07, 6.45) is 3.65. The molecule has 0 atom stereocenters. The van der Waals surface area contributed by atoms with Gasteiger partial charge in [0.1, 0.15) is 11.2 Å². The van der Waals surface area contributed by atoms with Crippen LogP contribution in [0.4, 0.5) is 0 Å². The standard InChI is InChI=1S/C17H22N6O2.2ClH/c1-17(2,3)16-21-15(25-22-16)11-9-19-23-12(8-13(24)20-14(11)23)10-4-6-18-7-5-10;;/h8-10,18H,4-7H2,1-3H3,(H,20,24);2*1H. The number of hydrogen-bond donors (Lipinski definition) is 2. The van der Waals surface area contributed by atoms with Crippen LogP contribution in [0.15, 0.2) is 21.6 Å². The van der Waals surface area contributed by atoms with Crippen molar-refractivity contribution in [2.75, 3.05) is 13.1 Å². The zero-order chi connectivity index (χ0) is 17.6. The van der Waals surface area contributed by atoms with Crippen LogP contribution in [0.2, 0.25) is 0 Å². The highest BCUT2D eigenvalue weighted by Gasteiger charge is 2.25. The second kappa shape index (κ2) is 8.00. The van der Waals surface area contributed by atoms with Gasteiger partial charge in [-0.3, -0.25) is 4.79 Å². The lowest BCUT2D eigenvalue weighted by Gasteiger charge is -2.23. The summed E-state index contributed by atoms with van der Waals surface area (Å²) in [6.45, 7) is 7.97. The number of aromatic amines is 1. The van der Waals surface area contributed by atoms with Crippen LogP contribution >= 0.6 is 24.8 Å². The van der Waals surface area contributed by atoms with Crippen LogP contribution in [0.1, 0.15) is 51.0 Å². The summed E-state index contributed by atoms with van der Waals surface area (Å²) in [7, 11) is 0. The number of piperidine rings is 1. The molecule has 27 heavy (non-hydrogen) atoms. The Morgan fingerprint density at radius 3 is 2.56 bits per heavy atom. The average Bonchev–Trinajstić information content (AvgIpc) is 3.21. The number of rotatable bonds is 2. The molecule has 0 radical (unpaired) electrons. The number of fused-ring (bicyclic) bond motifs is 1. The first-order valence-corrected chi connectivity index (χ1v) is 8.60. The molecular formula is C17H24Cl2N6O2. The van der Waals surface area contributed by atoms with Crippen molar-refractivity contribution in [1.82, 2.24) is 30.1 Å². The van der Waals surface area contributed by atoms with Gasteiger partial charge in [0, 0.05) is 17.4 Å². The van der Waals surface area contributed by atoms with E-state index in [1.807, 2.05) is 20.8 Å². The second-order valence-electron chi connectivity index (χ2n) is 7.57. The molecule has 3 aromatic heterocycles. The van der Waals surface area contributed by atoms with E-state index in [4.69, 9.17) is 4.52 Å². The molecule has 1 saturated heterocycles. The molecule has 0 amide bonds. The van der Waals surface area contributed by atoms with Gasteiger partial charge in [-0.1, -0.05) is 25.9 Å². The molecule has 1 aliphatic heterocycles.